The van der Waals surface area contributed by atoms with Crippen LogP contribution in [0.15, 0.2) is 36.5 Å². The van der Waals surface area contributed by atoms with Crippen molar-refractivity contribution >= 4 is 16.9 Å². The molecule has 1 spiro atoms. The molecule has 1 fully saturated rings. The lowest BCUT2D eigenvalue weighted by atomic mass is 9.90. The topological polar surface area (TPSA) is 71.1 Å². The molecule has 0 aliphatic carbocycles. The van der Waals surface area contributed by atoms with Crippen LogP contribution in [-0.4, -0.2) is 44.7 Å². The third kappa shape index (κ3) is 2.36. The summed E-state index contributed by atoms with van der Waals surface area (Å²) in [6.45, 7) is 3.27. The summed E-state index contributed by atoms with van der Waals surface area (Å²) in [6.07, 6.45) is 4.44. The first kappa shape index (κ1) is 15.4. The Kier molecular flexibility index (Phi) is 3.29. The van der Waals surface area contributed by atoms with E-state index in [4.69, 9.17) is 4.74 Å². The third-order valence-electron chi connectivity index (χ3n) is 5.60. The van der Waals surface area contributed by atoms with Crippen LogP contribution in [0, 0.1) is 6.92 Å². The highest BCUT2D eigenvalue weighted by Crippen LogP contribution is 2.38. The molecule has 0 bridgehead atoms. The number of pyridine rings is 1. The van der Waals surface area contributed by atoms with Gasteiger partial charge in [0.25, 0.3) is 5.91 Å². The van der Waals surface area contributed by atoms with Gasteiger partial charge in [-0.25, -0.2) is 4.98 Å². The molecule has 6 heteroatoms. The Morgan fingerprint density at radius 1 is 1.31 bits per heavy atom. The molecule has 2 aromatic heterocycles. The molecule has 3 aromatic rings. The maximum Gasteiger partial charge on any atom is 0.255 e. The Morgan fingerprint density at radius 3 is 3.12 bits per heavy atom. The SMILES string of the molecule is Cc1[nH]nc2ncc(C(=O)N3CCC4(CCc5ccccc5O4)C3)cc12. The number of ether oxygens (including phenoxy) is 1. The quantitative estimate of drug-likeness (QED) is 0.734. The van der Waals surface area contributed by atoms with Gasteiger partial charge < -0.3 is 9.64 Å². The minimum Gasteiger partial charge on any atom is -0.485 e. The van der Waals surface area contributed by atoms with Crippen LogP contribution in [0.25, 0.3) is 11.0 Å². The molecule has 2 aliphatic rings. The number of carbonyl (C=O) groups is 1. The van der Waals surface area contributed by atoms with Crippen LogP contribution >= 0.6 is 0 Å². The number of aryl methyl sites for hydroxylation is 2. The first-order valence-corrected chi connectivity index (χ1v) is 9.01. The van der Waals surface area contributed by atoms with Crippen LogP contribution in [0.4, 0.5) is 0 Å². The predicted octanol–water partition coefficient (Wildman–Crippen LogP) is 2.88. The first-order chi connectivity index (χ1) is 12.6. The number of benzene rings is 1. The highest BCUT2D eigenvalue weighted by atomic mass is 16.5. The van der Waals surface area contributed by atoms with Gasteiger partial charge in [0.2, 0.25) is 0 Å². The predicted molar refractivity (Wildman–Crippen MR) is 97.3 cm³/mol. The van der Waals surface area contributed by atoms with E-state index < -0.39 is 0 Å². The monoisotopic (exact) mass is 348 g/mol. The lowest BCUT2D eigenvalue weighted by Crippen LogP contribution is -2.43. The maximum atomic E-state index is 13.0. The van der Waals surface area contributed by atoms with Crippen molar-refractivity contribution < 1.29 is 9.53 Å². The van der Waals surface area contributed by atoms with Gasteiger partial charge in [-0.2, -0.15) is 5.10 Å². The Labute approximate surface area is 151 Å². The van der Waals surface area contributed by atoms with Gasteiger partial charge in [-0.05, 0) is 37.5 Å². The summed E-state index contributed by atoms with van der Waals surface area (Å²) in [5, 5.41) is 7.93. The Bertz CT molecular complexity index is 1010. The molecular weight excluding hydrogens is 328 g/mol. The van der Waals surface area contributed by atoms with Crippen molar-refractivity contribution in [2.75, 3.05) is 13.1 Å². The summed E-state index contributed by atoms with van der Waals surface area (Å²) in [4.78, 5) is 19.2. The van der Waals surface area contributed by atoms with Crippen molar-refractivity contribution in [3.63, 3.8) is 0 Å². The van der Waals surface area contributed by atoms with E-state index in [1.165, 1.54) is 5.56 Å². The van der Waals surface area contributed by atoms with Gasteiger partial charge in [0.15, 0.2) is 5.65 Å². The number of H-pyrrole nitrogens is 1. The molecule has 1 saturated heterocycles. The van der Waals surface area contributed by atoms with Crippen LogP contribution in [-0.2, 0) is 6.42 Å². The zero-order valence-corrected chi connectivity index (χ0v) is 14.7. The van der Waals surface area contributed by atoms with Gasteiger partial charge in [0.1, 0.15) is 11.4 Å². The molecule has 132 valence electrons. The molecule has 0 saturated carbocycles. The molecule has 1 N–H and O–H groups in total. The zero-order chi connectivity index (χ0) is 17.7. The molecule has 1 amide bonds. The van der Waals surface area contributed by atoms with Crippen LogP contribution in [0.5, 0.6) is 5.75 Å². The Hall–Kier alpha value is -2.89. The third-order valence-corrected chi connectivity index (χ3v) is 5.60. The second kappa shape index (κ2) is 5.56. The van der Waals surface area contributed by atoms with Crippen molar-refractivity contribution in [2.45, 2.75) is 31.8 Å². The fraction of sp³-hybridized carbons (Fsp3) is 0.350. The minimum atomic E-state index is -0.257. The number of amides is 1. The average molecular weight is 348 g/mol. The summed E-state index contributed by atoms with van der Waals surface area (Å²) in [7, 11) is 0. The minimum absolute atomic E-state index is 0.0133. The summed E-state index contributed by atoms with van der Waals surface area (Å²) < 4.78 is 6.35. The number of fused-ring (bicyclic) bond motifs is 2. The number of aromatic nitrogens is 3. The van der Waals surface area contributed by atoms with Crippen molar-refractivity contribution in [1.29, 1.82) is 0 Å². The molecule has 4 heterocycles. The van der Waals surface area contributed by atoms with Crippen LogP contribution in [0.3, 0.4) is 0 Å². The van der Waals surface area contributed by atoms with Crippen LogP contribution in [0.1, 0.15) is 34.5 Å². The fourth-order valence-electron chi connectivity index (χ4n) is 4.08. The van der Waals surface area contributed by atoms with Crippen LogP contribution in [0.2, 0.25) is 0 Å². The molecule has 0 radical (unpaired) electrons. The van der Waals surface area contributed by atoms with Crippen molar-refractivity contribution in [3.05, 3.63) is 53.3 Å². The van der Waals surface area contributed by atoms with Gasteiger partial charge in [0, 0.05) is 30.2 Å². The average Bonchev–Trinajstić information content (AvgIpc) is 3.25. The number of hydrogen-bond donors (Lipinski definition) is 1. The standard InChI is InChI=1S/C20H20N4O2/c1-13-16-10-15(11-21-18(16)23-22-13)19(25)24-9-8-20(12-24)7-6-14-4-2-3-5-17(14)26-20/h2-5,10-11H,6-9,12H2,1H3,(H,21,22,23). The van der Waals surface area contributed by atoms with Crippen LogP contribution < -0.4 is 4.74 Å². The number of rotatable bonds is 1. The molecule has 2 aliphatic heterocycles. The summed E-state index contributed by atoms with van der Waals surface area (Å²) in [5.74, 6) is 0.976. The summed E-state index contributed by atoms with van der Waals surface area (Å²) >= 11 is 0. The molecular formula is C20H20N4O2. The van der Waals surface area contributed by atoms with E-state index in [0.29, 0.717) is 24.3 Å². The Balaban J connectivity index is 1.38. The van der Waals surface area contributed by atoms with Crippen molar-refractivity contribution in [2.24, 2.45) is 0 Å². The van der Waals surface area contributed by atoms with E-state index in [0.717, 1.165) is 36.1 Å². The van der Waals surface area contributed by atoms with E-state index in [1.807, 2.05) is 36.1 Å². The normalized spacial score (nSPS) is 21.8. The molecule has 1 aromatic carbocycles. The molecule has 1 atom stereocenters. The summed E-state index contributed by atoms with van der Waals surface area (Å²) in [6, 6.07) is 10.1. The lowest BCUT2D eigenvalue weighted by molar-refractivity contribution is 0.0485. The highest BCUT2D eigenvalue weighted by Gasteiger charge is 2.44. The van der Waals surface area contributed by atoms with E-state index in [-0.39, 0.29) is 11.5 Å². The van der Waals surface area contributed by atoms with E-state index in [9.17, 15) is 4.79 Å². The number of nitrogens with zero attached hydrogens (tertiary/aromatic N) is 3. The maximum absolute atomic E-state index is 13.0. The van der Waals surface area contributed by atoms with E-state index >= 15 is 0 Å². The zero-order valence-electron chi connectivity index (χ0n) is 14.7. The second-order valence-electron chi connectivity index (χ2n) is 7.31. The van der Waals surface area contributed by atoms with Gasteiger partial charge >= 0.3 is 0 Å². The molecule has 26 heavy (non-hydrogen) atoms. The second-order valence-corrected chi connectivity index (χ2v) is 7.31. The van der Waals surface area contributed by atoms with E-state index in [2.05, 4.69) is 21.2 Å². The number of carbonyl (C=O) groups excluding carboxylic acids is 1. The number of para-hydroxylation sites is 1. The first-order valence-electron chi connectivity index (χ1n) is 9.01. The van der Waals surface area contributed by atoms with Crippen molar-refractivity contribution in [3.8, 4) is 5.75 Å². The lowest BCUT2D eigenvalue weighted by Gasteiger charge is -2.35. The number of aromatic amines is 1. The number of nitrogens with one attached hydrogen (secondary N) is 1. The largest absolute Gasteiger partial charge is 0.485 e. The number of hydrogen-bond acceptors (Lipinski definition) is 4. The highest BCUT2D eigenvalue weighted by molar-refractivity contribution is 5.97. The Morgan fingerprint density at radius 2 is 2.19 bits per heavy atom. The van der Waals surface area contributed by atoms with Crippen molar-refractivity contribution in [1.82, 2.24) is 20.1 Å². The molecule has 5 rings (SSSR count). The summed E-state index contributed by atoms with van der Waals surface area (Å²) in [5.41, 5.74) is 3.17. The number of likely N-dealkylation sites (tertiary alicyclic amines) is 1. The fourth-order valence-corrected chi connectivity index (χ4v) is 4.08. The smallest absolute Gasteiger partial charge is 0.255 e. The van der Waals surface area contributed by atoms with Gasteiger partial charge in [-0.3, -0.25) is 9.89 Å². The molecule has 6 nitrogen and oxygen atoms in total. The molecule has 1 unspecified atom stereocenters. The van der Waals surface area contributed by atoms with Gasteiger partial charge in [0.05, 0.1) is 12.1 Å². The van der Waals surface area contributed by atoms with Gasteiger partial charge in [-0.15, -0.1) is 0 Å². The van der Waals surface area contributed by atoms with Gasteiger partial charge in [-0.1, -0.05) is 18.2 Å². The van der Waals surface area contributed by atoms with E-state index in [1.54, 1.807) is 6.20 Å².